The molecule has 56 heavy (non-hydrogen) atoms. The second-order valence-corrected chi connectivity index (χ2v) is 14.1. The van der Waals surface area contributed by atoms with E-state index >= 15 is 13.2 Å². The molecule has 9 nitrogen and oxygen atoms in total. The van der Waals surface area contributed by atoms with Crippen molar-refractivity contribution in [3.05, 3.63) is 131 Å². The lowest BCUT2D eigenvalue weighted by atomic mass is 9.85. The molecule has 5 aromatic rings. The second kappa shape index (κ2) is 17.6. The van der Waals surface area contributed by atoms with Crippen molar-refractivity contribution in [1.29, 1.82) is 0 Å². The molecular weight excluding hydrogens is 725 g/mol. The Morgan fingerprint density at radius 2 is 1.45 bits per heavy atom. The number of methoxy groups -OCH3 is 2. The lowest BCUT2D eigenvalue weighted by molar-refractivity contribution is -0.271. The van der Waals surface area contributed by atoms with E-state index in [-0.39, 0.29) is 61.1 Å². The molecule has 12 heteroatoms. The normalized spacial score (nSPS) is 15.0. The number of hydrogen-bond acceptors (Lipinski definition) is 8. The van der Waals surface area contributed by atoms with Crippen molar-refractivity contribution in [1.82, 2.24) is 9.47 Å². The number of β-amino-alcohol motifs (C(OH)–C–C–N with tert-alkyl or cyclic N) is 1. The highest BCUT2D eigenvalue weighted by molar-refractivity contribution is 5.96. The molecule has 1 aromatic heterocycles. The number of likely N-dealkylation sites (tertiary alicyclic amines) is 1. The highest BCUT2D eigenvalue weighted by Crippen LogP contribution is 2.46. The van der Waals surface area contributed by atoms with Crippen molar-refractivity contribution in [2.24, 2.45) is 0 Å². The number of carbonyl (C=O) groups is 2. The molecule has 0 amide bonds. The topological polar surface area (TPSA) is 99.5 Å². The molecule has 2 heterocycles. The van der Waals surface area contributed by atoms with Gasteiger partial charge in [-0.2, -0.15) is 13.2 Å². The molecule has 296 valence electrons. The van der Waals surface area contributed by atoms with E-state index < -0.39 is 24.3 Å². The second-order valence-electron chi connectivity index (χ2n) is 14.1. The maximum absolute atomic E-state index is 15.4. The van der Waals surface area contributed by atoms with Crippen molar-refractivity contribution in [2.75, 3.05) is 40.5 Å². The summed E-state index contributed by atoms with van der Waals surface area (Å²) in [6.45, 7) is 2.12. The number of esters is 2. The van der Waals surface area contributed by atoms with Crippen molar-refractivity contribution in [3.63, 3.8) is 0 Å². The molecule has 1 N–H and O–H groups in total. The Bertz CT molecular complexity index is 2090. The van der Waals surface area contributed by atoms with Crippen LogP contribution in [0.3, 0.4) is 0 Å². The summed E-state index contributed by atoms with van der Waals surface area (Å²) in [7, 11) is 3.10. The Morgan fingerprint density at radius 1 is 0.821 bits per heavy atom. The predicted molar refractivity (Wildman–Crippen MR) is 206 cm³/mol. The number of carbonyl (C=O) groups excluding carboxylic acids is 2. The number of piperidine rings is 1. The lowest BCUT2D eigenvalue weighted by Crippen LogP contribution is -2.52. The Kier molecular flexibility index (Phi) is 12.7. The molecule has 1 unspecified atom stereocenters. The summed E-state index contributed by atoms with van der Waals surface area (Å²) in [6, 6.07) is 26.7. The molecular formula is C44H47F3N2O7. The maximum Gasteiger partial charge on any atom is 0.422 e. The number of ether oxygens (including phenoxy) is 4. The van der Waals surface area contributed by atoms with Gasteiger partial charge in [-0.1, -0.05) is 60.7 Å². The first-order chi connectivity index (χ1) is 26.9. The van der Waals surface area contributed by atoms with E-state index in [0.717, 1.165) is 22.3 Å². The van der Waals surface area contributed by atoms with E-state index in [1.807, 2.05) is 72.8 Å². The molecule has 1 atom stereocenters. The Hall–Kier alpha value is -5.33. The molecule has 6 rings (SSSR count). The Labute approximate surface area is 324 Å². The van der Waals surface area contributed by atoms with Crippen LogP contribution in [0.25, 0.3) is 10.9 Å². The van der Waals surface area contributed by atoms with Gasteiger partial charge in [0.15, 0.2) is 0 Å². The van der Waals surface area contributed by atoms with Crippen molar-refractivity contribution < 1.29 is 46.8 Å². The number of aliphatic hydroxyl groups is 1. The first-order valence-corrected chi connectivity index (χ1v) is 18.7. The van der Waals surface area contributed by atoms with Crippen molar-refractivity contribution in [2.45, 2.75) is 63.5 Å². The zero-order chi connectivity index (χ0) is 39.9. The number of benzene rings is 4. The first kappa shape index (κ1) is 40.3. The summed E-state index contributed by atoms with van der Waals surface area (Å²) < 4.78 is 69.9. The third kappa shape index (κ3) is 9.03. The summed E-state index contributed by atoms with van der Waals surface area (Å²) in [5.74, 6) is 0.0818. The SMILES string of the molecule is CCOC(=O)CCc1cc(OC)c(C2CCN(CC(O)(c3cn(Cc4ccccc4)c4ccc(C(=O)OCc5ccccc5)cc34)C(F)(F)F)CC2)c(OC)c1. The standard InChI is InChI=1S/C44H47F3N2O7/c1-4-55-40(50)18-15-32-23-38(53-2)41(39(24-32)54-3)33-19-21-48(22-20-33)29-43(52,44(45,46)47)36-27-49(26-30-11-7-5-8-12-30)37-17-16-34(25-35(36)37)42(51)56-28-31-13-9-6-10-14-31/h5-14,16-17,23-25,27,33,52H,4,15,18-22,26,28-29H2,1-3H3. The lowest BCUT2D eigenvalue weighted by Gasteiger charge is -2.39. The van der Waals surface area contributed by atoms with Gasteiger partial charge in [-0.25, -0.2) is 4.79 Å². The summed E-state index contributed by atoms with van der Waals surface area (Å²) in [4.78, 5) is 26.8. The van der Waals surface area contributed by atoms with E-state index in [2.05, 4.69) is 0 Å². The predicted octanol–water partition coefficient (Wildman–Crippen LogP) is 8.19. The van der Waals surface area contributed by atoms with Gasteiger partial charge in [0.25, 0.3) is 0 Å². The van der Waals surface area contributed by atoms with Crippen molar-refractivity contribution in [3.8, 4) is 11.5 Å². The van der Waals surface area contributed by atoms with Crippen LogP contribution < -0.4 is 9.47 Å². The minimum Gasteiger partial charge on any atom is -0.496 e. The molecule has 4 aromatic carbocycles. The number of aryl methyl sites for hydroxylation is 1. The van der Waals surface area contributed by atoms with Crippen LogP contribution >= 0.6 is 0 Å². The van der Waals surface area contributed by atoms with E-state index in [9.17, 15) is 14.7 Å². The van der Waals surface area contributed by atoms with Gasteiger partial charge in [-0.3, -0.25) is 9.69 Å². The van der Waals surface area contributed by atoms with Gasteiger partial charge >= 0.3 is 18.1 Å². The Balaban J connectivity index is 1.27. The summed E-state index contributed by atoms with van der Waals surface area (Å²) in [6.07, 6.45) is -2.11. The largest absolute Gasteiger partial charge is 0.496 e. The van der Waals surface area contributed by atoms with Gasteiger partial charge < -0.3 is 28.6 Å². The fraction of sp³-hybridized carbons (Fsp3) is 0.364. The van der Waals surface area contributed by atoms with Crippen LogP contribution in [-0.4, -0.2) is 73.1 Å². The fourth-order valence-corrected chi connectivity index (χ4v) is 7.52. The van der Waals surface area contributed by atoms with Gasteiger partial charge in [0, 0.05) is 47.7 Å². The van der Waals surface area contributed by atoms with Gasteiger partial charge in [-0.15, -0.1) is 0 Å². The molecule has 1 fully saturated rings. The number of aromatic nitrogens is 1. The van der Waals surface area contributed by atoms with Crippen LogP contribution in [0.1, 0.15) is 70.3 Å². The molecule has 1 aliphatic rings. The van der Waals surface area contributed by atoms with E-state index in [0.29, 0.717) is 42.9 Å². The quantitative estimate of drug-likeness (QED) is 0.107. The minimum atomic E-state index is -5.06. The van der Waals surface area contributed by atoms with E-state index in [4.69, 9.17) is 18.9 Å². The number of alkyl halides is 3. The molecule has 0 aliphatic carbocycles. The van der Waals surface area contributed by atoms with Gasteiger partial charge in [-0.05, 0) is 92.2 Å². The van der Waals surface area contributed by atoms with Gasteiger partial charge in [0.05, 0.1) is 26.4 Å². The molecule has 0 bridgehead atoms. The van der Waals surface area contributed by atoms with Crippen LogP contribution in [-0.2, 0) is 39.4 Å². The average molecular weight is 773 g/mol. The molecule has 1 saturated heterocycles. The van der Waals surface area contributed by atoms with E-state index in [1.54, 1.807) is 36.7 Å². The van der Waals surface area contributed by atoms with E-state index in [1.165, 1.54) is 18.3 Å². The summed E-state index contributed by atoms with van der Waals surface area (Å²) in [5, 5.41) is 12.1. The third-order valence-corrected chi connectivity index (χ3v) is 10.4. The highest BCUT2D eigenvalue weighted by atomic mass is 19.4. The first-order valence-electron chi connectivity index (χ1n) is 18.7. The molecule has 1 aliphatic heterocycles. The summed E-state index contributed by atoms with van der Waals surface area (Å²) in [5.41, 5.74) is 0.186. The van der Waals surface area contributed by atoms with Crippen LogP contribution in [0.2, 0.25) is 0 Å². The summed E-state index contributed by atoms with van der Waals surface area (Å²) >= 11 is 0. The van der Waals surface area contributed by atoms with Gasteiger partial charge in [0.2, 0.25) is 5.60 Å². The van der Waals surface area contributed by atoms with Crippen LogP contribution in [0.4, 0.5) is 13.2 Å². The zero-order valence-electron chi connectivity index (χ0n) is 31.8. The molecule has 0 radical (unpaired) electrons. The number of fused-ring (bicyclic) bond motifs is 1. The number of rotatable bonds is 15. The average Bonchev–Trinajstić information content (AvgIpc) is 3.57. The van der Waals surface area contributed by atoms with Crippen LogP contribution in [0, 0.1) is 0 Å². The Morgan fingerprint density at radius 3 is 2.04 bits per heavy atom. The van der Waals surface area contributed by atoms with Gasteiger partial charge in [0.1, 0.15) is 18.1 Å². The fourth-order valence-electron chi connectivity index (χ4n) is 7.52. The van der Waals surface area contributed by atoms with Crippen LogP contribution in [0.5, 0.6) is 11.5 Å². The monoisotopic (exact) mass is 772 g/mol. The number of nitrogens with zero attached hydrogens (tertiary/aromatic N) is 2. The minimum absolute atomic E-state index is 0.000589. The number of halogens is 3. The third-order valence-electron chi connectivity index (χ3n) is 10.4. The molecule has 0 spiro atoms. The molecule has 0 saturated carbocycles. The van der Waals surface area contributed by atoms with Crippen LogP contribution in [0.15, 0.2) is 97.2 Å². The smallest absolute Gasteiger partial charge is 0.422 e. The highest BCUT2D eigenvalue weighted by Gasteiger charge is 2.57. The maximum atomic E-state index is 15.4. The van der Waals surface area contributed by atoms with Crippen molar-refractivity contribution >= 4 is 22.8 Å². The zero-order valence-corrected chi connectivity index (χ0v) is 31.8. The number of hydrogen-bond donors (Lipinski definition) is 1.